The third-order valence-electron chi connectivity index (χ3n) is 2.59. The molecular formula is C13H11FN2O2. The van der Waals surface area contributed by atoms with Crippen LogP contribution in [0.3, 0.4) is 0 Å². The van der Waals surface area contributed by atoms with Gasteiger partial charge < -0.3 is 10.8 Å². The molecule has 0 saturated carbocycles. The number of nitrogen functional groups attached to an aromatic ring is 1. The summed E-state index contributed by atoms with van der Waals surface area (Å²) in [4.78, 5) is 14.9. The van der Waals surface area contributed by atoms with Crippen LogP contribution in [-0.2, 0) is 0 Å². The van der Waals surface area contributed by atoms with Crippen molar-refractivity contribution in [3.8, 4) is 11.1 Å². The number of pyridine rings is 1. The van der Waals surface area contributed by atoms with E-state index in [0.717, 1.165) is 0 Å². The maximum Gasteiger partial charge on any atom is 0.355 e. The first kappa shape index (κ1) is 12.0. The molecule has 92 valence electrons. The smallest absolute Gasteiger partial charge is 0.355 e. The zero-order valence-electron chi connectivity index (χ0n) is 9.64. The number of hydrogen-bond donors (Lipinski definition) is 2. The van der Waals surface area contributed by atoms with Crippen molar-refractivity contribution >= 4 is 11.8 Å². The average Bonchev–Trinajstić information content (AvgIpc) is 2.32. The molecule has 2 rings (SSSR count). The minimum atomic E-state index is -1.17. The summed E-state index contributed by atoms with van der Waals surface area (Å²) in [5.41, 5.74) is 6.78. The van der Waals surface area contributed by atoms with Gasteiger partial charge in [-0.3, -0.25) is 0 Å². The zero-order chi connectivity index (χ0) is 13.3. The lowest BCUT2D eigenvalue weighted by molar-refractivity contribution is 0.0691. The second kappa shape index (κ2) is 4.44. The minimum Gasteiger partial charge on any atom is -0.476 e. The number of hydrogen-bond acceptors (Lipinski definition) is 3. The minimum absolute atomic E-state index is 0.134. The Morgan fingerprint density at radius 2 is 2.06 bits per heavy atom. The number of aromatic carboxylic acids is 1. The molecule has 0 aliphatic carbocycles. The average molecular weight is 246 g/mol. The summed E-state index contributed by atoms with van der Waals surface area (Å²) in [7, 11) is 0. The molecule has 0 saturated heterocycles. The molecule has 0 amide bonds. The number of carboxylic acid groups (broad SMARTS) is 1. The number of benzene rings is 1. The van der Waals surface area contributed by atoms with Crippen molar-refractivity contribution in [2.75, 3.05) is 5.73 Å². The van der Waals surface area contributed by atoms with Gasteiger partial charge in [0, 0.05) is 5.56 Å². The lowest BCUT2D eigenvalue weighted by Crippen LogP contribution is -2.05. The Kier molecular flexibility index (Phi) is 2.97. The first-order valence-corrected chi connectivity index (χ1v) is 5.25. The van der Waals surface area contributed by atoms with Gasteiger partial charge in [-0.2, -0.15) is 0 Å². The highest BCUT2D eigenvalue weighted by Gasteiger charge is 2.14. The molecule has 18 heavy (non-hydrogen) atoms. The maximum atomic E-state index is 13.2. The fourth-order valence-electron chi connectivity index (χ4n) is 1.68. The van der Waals surface area contributed by atoms with Crippen LogP contribution in [0.15, 0.2) is 30.3 Å². The number of anilines is 1. The fraction of sp³-hybridized carbons (Fsp3) is 0.0769. The number of aromatic nitrogens is 1. The van der Waals surface area contributed by atoms with E-state index in [1.807, 2.05) is 0 Å². The predicted molar refractivity (Wildman–Crippen MR) is 65.7 cm³/mol. The molecule has 0 spiro atoms. The van der Waals surface area contributed by atoms with Gasteiger partial charge in [0.05, 0.1) is 0 Å². The van der Waals surface area contributed by atoms with E-state index in [9.17, 15) is 9.18 Å². The molecule has 2 aromatic rings. The quantitative estimate of drug-likeness (QED) is 0.853. The van der Waals surface area contributed by atoms with E-state index in [2.05, 4.69) is 4.98 Å². The van der Waals surface area contributed by atoms with Crippen molar-refractivity contribution < 1.29 is 14.3 Å². The van der Waals surface area contributed by atoms with Crippen molar-refractivity contribution in [3.63, 3.8) is 0 Å². The number of carbonyl (C=O) groups is 1. The van der Waals surface area contributed by atoms with E-state index >= 15 is 0 Å². The second-order valence-electron chi connectivity index (χ2n) is 3.90. The topological polar surface area (TPSA) is 76.2 Å². The normalized spacial score (nSPS) is 10.3. The molecule has 0 fully saturated rings. The largest absolute Gasteiger partial charge is 0.476 e. The lowest BCUT2D eigenvalue weighted by Gasteiger charge is -2.07. The van der Waals surface area contributed by atoms with E-state index in [1.54, 1.807) is 19.1 Å². The fourth-order valence-corrected chi connectivity index (χ4v) is 1.68. The molecule has 4 nitrogen and oxygen atoms in total. The Labute approximate surface area is 103 Å². The summed E-state index contributed by atoms with van der Waals surface area (Å²) in [5.74, 6) is -1.37. The summed E-state index contributed by atoms with van der Waals surface area (Å²) in [5, 5.41) is 9.08. The number of nitrogens with two attached hydrogens (primary N) is 1. The Bertz CT molecular complexity index is 626. The summed E-state index contributed by atoms with van der Waals surface area (Å²) in [6.07, 6.45) is 0. The third kappa shape index (κ3) is 2.15. The highest BCUT2D eigenvalue weighted by atomic mass is 19.1. The van der Waals surface area contributed by atoms with Gasteiger partial charge >= 0.3 is 5.97 Å². The molecule has 1 aromatic heterocycles. The SMILES string of the molecule is Cc1cc(-c2ccc(N)nc2C(=O)O)ccc1F. The molecule has 1 heterocycles. The van der Waals surface area contributed by atoms with Gasteiger partial charge in [-0.05, 0) is 42.3 Å². The molecule has 0 bridgehead atoms. The Balaban J connectivity index is 2.63. The van der Waals surface area contributed by atoms with Crippen LogP contribution in [0.25, 0.3) is 11.1 Å². The van der Waals surface area contributed by atoms with Crippen LogP contribution in [0.5, 0.6) is 0 Å². The van der Waals surface area contributed by atoms with E-state index in [4.69, 9.17) is 10.8 Å². The van der Waals surface area contributed by atoms with Gasteiger partial charge in [-0.25, -0.2) is 14.2 Å². The summed E-state index contributed by atoms with van der Waals surface area (Å²) < 4.78 is 13.2. The van der Waals surface area contributed by atoms with Crippen LogP contribution >= 0.6 is 0 Å². The van der Waals surface area contributed by atoms with Crippen molar-refractivity contribution in [1.82, 2.24) is 4.98 Å². The van der Waals surface area contributed by atoms with Gasteiger partial charge in [0.2, 0.25) is 0 Å². The van der Waals surface area contributed by atoms with Crippen LogP contribution in [0.4, 0.5) is 10.2 Å². The van der Waals surface area contributed by atoms with Crippen LogP contribution in [0, 0.1) is 12.7 Å². The number of nitrogens with zero attached hydrogens (tertiary/aromatic N) is 1. The monoisotopic (exact) mass is 246 g/mol. The Morgan fingerprint density at radius 3 is 2.67 bits per heavy atom. The Morgan fingerprint density at radius 1 is 1.33 bits per heavy atom. The maximum absolute atomic E-state index is 13.2. The number of aryl methyl sites for hydroxylation is 1. The highest BCUT2D eigenvalue weighted by Crippen LogP contribution is 2.25. The standard InChI is InChI=1S/C13H11FN2O2/c1-7-6-8(2-4-10(7)14)9-3-5-11(15)16-12(9)13(17)18/h2-6H,1H3,(H2,15,16)(H,17,18). The summed E-state index contributed by atoms with van der Waals surface area (Å²) in [6.45, 7) is 1.62. The molecule has 0 radical (unpaired) electrons. The van der Waals surface area contributed by atoms with E-state index in [-0.39, 0.29) is 17.3 Å². The lowest BCUT2D eigenvalue weighted by atomic mass is 10.0. The number of halogens is 1. The first-order chi connectivity index (χ1) is 8.49. The predicted octanol–water partition coefficient (Wildman–Crippen LogP) is 2.48. The van der Waals surface area contributed by atoms with Crippen LogP contribution in [-0.4, -0.2) is 16.1 Å². The Hall–Kier alpha value is -2.43. The van der Waals surface area contributed by atoms with Crippen molar-refractivity contribution in [3.05, 3.63) is 47.4 Å². The van der Waals surface area contributed by atoms with Crippen LogP contribution in [0.2, 0.25) is 0 Å². The number of rotatable bonds is 2. The molecule has 0 atom stereocenters. The van der Waals surface area contributed by atoms with Crippen molar-refractivity contribution in [2.24, 2.45) is 0 Å². The highest BCUT2D eigenvalue weighted by molar-refractivity contribution is 5.94. The van der Waals surface area contributed by atoms with Crippen molar-refractivity contribution in [2.45, 2.75) is 6.92 Å². The molecule has 0 unspecified atom stereocenters. The first-order valence-electron chi connectivity index (χ1n) is 5.25. The van der Waals surface area contributed by atoms with Gasteiger partial charge in [0.25, 0.3) is 0 Å². The number of carboxylic acids is 1. The van der Waals surface area contributed by atoms with Crippen molar-refractivity contribution in [1.29, 1.82) is 0 Å². The zero-order valence-corrected chi connectivity index (χ0v) is 9.64. The molecule has 0 aliphatic heterocycles. The van der Waals surface area contributed by atoms with Gasteiger partial charge in [-0.15, -0.1) is 0 Å². The van der Waals surface area contributed by atoms with E-state index < -0.39 is 5.97 Å². The molecule has 3 N–H and O–H groups in total. The van der Waals surface area contributed by atoms with Gasteiger partial charge in [-0.1, -0.05) is 6.07 Å². The second-order valence-corrected chi connectivity index (χ2v) is 3.90. The van der Waals surface area contributed by atoms with E-state index in [0.29, 0.717) is 16.7 Å². The summed E-state index contributed by atoms with van der Waals surface area (Å²) in [6, 6.07) is 7.47. The van der Waals surface area contributed by atoms with Gasteiger partial charge in [0.15, 0.2) is 5.69 Å². The molecule has 0 aliphatic rings. The molecule has 5 heteroatoms. The third-order valence-corrected chi connectivity index (χ3v) is 2.59. The van der Waals surface area contributed by atoms with E-state index in [1.165, 1.54) is 18.2 Å². The van der Waals surface area contributed by atoms with Crippen LogP contribution < -0.4 is 5.73 Å². The molecule has 1 aromatic carbocycles. The van der Waals surface area contributed by atoms with Crippen LogP contribution in [0.1, 0.15) is 16.1 Å². The summed E-state index contributed by atoms with van der Waals surface area (Å²) >= 11 is 0. The van der Waals surface area contributed by atoms with Gasteiger partial charge in [0.1, 0.15) is 11.6 Å². The molecular weight excluding hydrogens is 235 g/mol.